The van der Waals surface area contributed by atoms with E-state index in [0.717, 1.165) is 24.3 Å². The van der Waals surface area contributed by atoms with Crippen LogP contribution in [0.2, 0.25) is 0 Å². The molecule has 2 aliphatic heterocycles. The third-order valence-corrected chi connectivity index (χ3v) is 5.73. The maximum absolute atomic E-state index is 6.68. The molecule has 4 rings (SSSR count). The first-order valence-electron chi connectivity index (χ1n) is 7.45. The van der Waals surface area contributed by atoms with Crippen LogP contribution in [0, 0.1) is 0 Å². The molecule has 2 N–H and O–H groups in total. The van der Waals surface area contributed by atoms with E-state index in [4.69, 9.17) is 10.5 Å². The molecule has 2 aromatic rings. The summed E-state index contributed by atoms with van der Waals surface area (Å²) in [5.41, 5.74) is 9.13. The van der Waals surface area contributed by atoms with Gasteiger partial charge in [0, 0.05) is 10.6 Å². The van der Waals surface area contributed by atoms with Gasteiger partial charge in [-0.2, -0.15) is 0 Å². The molecule has 2 unspecified atom stereocenters. The minimum Gasteiger partial charge on any atom is -0.491 e. The van der Waals surface area contributed by atoms with E-state index in [1.54, 1.807) is 0 Å². The van der Waals surface area contributed by atoms with Gasteiger partial charge in [0.05, 0.1) is 5.54 Å². The van der Waals surface area contributed by atoms with Crippen molar-refractivity contribution >= 4 is 11.8 Å². The molecule has 21 heavy (non-hydrogen) atoms. The highest BCUT2D eigenvalue weighted by Gasteiger charge is 2.36. The highest BCUT2D eigenvalue weighted by Crippen LogP contribution is 2.44. The molecule has 108 valence electrons. The smallest absolute Gasteiger partial charge is 0.122 e. The predicted molar refractivity (Wildman–Crippen MR) is 87.1 cm³/mol. The minimum atomic E-state index is -0.253. The molecular formula is C18H19NOS. The van der Waals surface area contributed by atoms with E-state index in [2.05, 4.69) is 36.4 Å². The van der Waals surface area contributed by atoms with Crippen LogP contribution in [0.5, 0.6) is 5.75 Å². The van der Waals surface area contributed by atoms with Gasteiger partial charge in [-0.1, -0.05) is 36.4 Å². The summed E-state index contributed by atoms with van der Waals surface area (Å²) in [5.74, 6) is 2.68. The number of rotatable bonds is 2. The molecule has 0 radical (unpaired) electrons. The summed E-state index contributed by atoms with van der Waals surface area (Å²) in [6.07, 6.45) is 1.90. The van der Waals surface area contributed by atoms with Crippen LogP contribution in [0.15, 0.2) is 53.4 Å². The van der Waals surface area contributed by atoms with Crippen molar-refractivity contribution in [1.82, 2.24) is 0 Å². The molecule has 2 atom stereocenters. The first-order valence-corrected chi connectivity index (χ1v) is 8.43. The number of nitrogens with two attached hydrogens (primary N) is 1. The van der Waals surface area contributed by atoms with Gasteiger partial charge in [-0.3, -0.25) is 0 Å². The van der Waals surface area contributed by atoms with Crippen molar-refractivity contribution in [3.8, 4) is 5.75 Å². The van der Waals surface area contributed by atoms with Crippen LogP contribution in [0.3, 0.4) is 0 Å². The molecule has 0 saturated carbocycles. The van der Waals surface area contributed by atoms with Crippen molar-refractivity contribution in [3.05, 3.63) is 59.7 Å². The van der Waals surface area contributed by atoms with E-state index < -0.39 is 0 Å². The number of thioether (sulfide) groups is 1. The average molecular weight is 297 g/mol. The Balaban J connectivity index is 1.56. The molecule has 3 heteroatoms. The maximum atomic E-state index is 6.68. The number of ether oxygens (including phenoxy) is 1. The molecule has 2 aliphatic rings. The number of fused-ring (bicyclic) bond motifs is 2. The van der Waals surface area contributed by atoms with Crippen molar-refractivity contribution in [3.63, 3.8) is 0 Å². The van der Waals surface area contributed by atoms with Crippen LogP contribution in [0.25, 0.3) is 0 Å². The SMILES string of the molecule is NC1(CC2CSc3ccccc32)COc2ccccc2C1. The first kappa shape index (κ1) is 13.2. The van der Waals surface area contributed by atoms with Gasteiger partial charge < -0.3 is 10.5 Å². The summed E-state index contributed by atoms with van der Waals surface area (Å²) in [6.45, 7) is 0.618. The second-order valence-corrected chi connectivity index (χ2v) is 7.25. The first-order chi connectivity index (χ1) is 10.2. The van der Waals surface area contributed by atoms with Gasteiger partial charge in [-0.05, 0) is 42.0 Å². The van der Waals surface area contributed by atoms with Gasteiger partial charge >= 0.3 is 0 Å². The Kier molecular flexibility index (Phi) is 3.20. The molecule has 0 aromatic heterocycles. The number of benzene rings is 2. The zero-order valence-electron chi connectivity index (χ0n) is 11.9. The lowest BCUT2D eigenvalue weighted by Gasteiger charge is -2.36. The summed E-state index contributed by atoms with van der Waals surface area (Å²) in [5, 5.41) is 0. The zero-order chi connectivity index (χ0) is 14.3. The van der Waals surface area contributed by atoms with Crippen LogP contribution in [0.1, 0.15) is 23.5 Å². The van der Waals surface area contributed by atoms with Crippen molar-refractivity contribution < 1.29 is 4.74 Å². The van der Waals surface area contributed by atoms with Gasteiger partial charge in [0.1, 0.15) is 12.4 Å². The minimum absolute atomic E-state index is 0.253. The average Bonchev–Trinajstić information content (AvgIpc) is 2.90. The van der Waals surface area contributed by atoms with Gasteiger partial charge in [0.2, 0.25) is 0 Å². The molecule has 2 aromatic carbocycles. The topological polar surface area (TPSA) is 35.2 Å². The number of hydrogen-bond acceptors (Lipinski definition) is 3. The Morgan fingerprint density at radius 2 is 1.95 bits per heavy atom. The summed E-state index contributed by atoms with van der Waals surface area (Å²) in [6, 6.07) is 17.0. The van der Waals surface area contributed by atoms with Gasteiger partial charge in [0.25, 0.3) is 0 Å². The fraction of sp³-hybridized carbons (Fsp3) is 0.333. The highest BCUT2D eigenvalue weighted by atomic mass is 32.2. The van der Waals surface area contributed by atoms with E-state index in [0.29, 0.717) is 12.5 Å². The van der Waals surface area contributed by atoms with E-state index in [1.807, 2.05) is 23.9 Å². The van der Waals surface area contributed by atoms with Gasteiger partial charge in [0.15, 0.2) is 0 Å². The largest absolute Gasteiger partial charge is 0.491 e. The molecule has 0 aliphatic carbocycles. The standard InChI is InChI=1S/C18H19NOS/c19-18(9-13-5-1-3-7-16(13)20-12-18)10-14-11-21-17-8-4-2-6-15(14)17/h1-8,14H,9-12,19H2. The van der Waals surface area contributed by atoms with E-state index in [-0.39, 0.29) is 5.54 Å². The van der Waals surface area contributed by atoms with E-state index in [1.165, 1.54) is 16.0 Å². The van der Waals surface area contributed by atoms with Crippen LogP contribution in [-0.4, -0.2) is 17.9 Å². The normalized spacial score (nSPS) is 26.8. The van der Waals surface area contributed by atoms with Crippen molar-refractivity contribution in [2.45, 2.75) is 29.2 Å². The Morgan fingerprint density at radius 3 is 2.90 bits per heavy atom. The van der Waals surface area contributed by atoms with E-state index in [9.17, 15) is 0 Å². The van der Waals surface area contributed by atoms with Crippen LogP contribution in [-0.2, 0) is 6.42 Å². The quantitative estimate of drug-likeness (QED) is 0.920. The molecule has 2 nitrogen and oxygen atoms in total. The monoisotopic (exact) mass is 297 g/mol. The second-order valence-electron chi connectivity index (χ2n) is 6.19. The molecule has 0 saturated heterocycles. The molecule has 0 spiro atoms. The van der Waals surface area contributed by atoms with Crippen molar-refractivity contribution in [1.29, 1.82) is 0 Å². The number of para-hydroxylation sites is 1. The third kappa shape index (κ3) is 2.45. The Bertz CT molecular complexity index is 672. The molecule has 0 fully saturated rings. The molecule has 2 heterocycles. The van der Waals surface area contributed by atoms with E-state index >= 15 is 0 Å². The lowest BCUT2D eigenvalue weighted by molar-refractivity contribution is 0.176. The van der Waals surface area contributed by atoms with Crippen molar-refractivity contribution in [2.24, 2.45) is 5.73 Å². The molecule has 0 amide bonds. The predicted octanol–water partition coefficient (Wildman–Crippen LogP) is 3.60. The molecule has 0 bridgehead atoms. The summed E-state index contributed by atoms with van der Waals surface area (Å²) in [7, 11) is 0. The van der Waals surface area contributed by atoms with Crippen molar-refractivity contribution in [2.75, 3.05) is 12.4 Å². The lowest BCUT2D eigenvalue weighted by atomic mass is 9.80. The van der Waals surface area contributed by atoms with Gasteiger partial charge in [-0.15, -0.1) is 11.8 Å². The highest BCUT2D eigenvalue weighted by molar-refractivity contribution is 7.99. The van der Waals surface area contributed by atoms with Crippen LogP contribution < -0.4 is 10.5 Å². The summed E-state index contributed by atoms with van der Waals surface area (Å²) >= 11 is 1.95. The fourth-order valence-electron chi connectivity index (χ4n) is 3.46. The maximum Gasteiger partial charge on any atom is 0.122 e. The molecular weight excluding hydrogens is 278 g/mol. The Morgan fingerprint density at radius 1 is 1.14 bits per heavy atom. The summed E-state index contributed by atoms with van der Waals surface area (Å²) < 4.78 is 5.91. The van der Waals surface area contributed by atoms with Crippen LogP contribution >= 0.6 is 11.8 Å². The second kappa shape index (κ2) is 5.08. The third-order valence-electron chi connectivity index (χ3n) is 4.48. The lowest BCUT2D eigenvalue weighted by Crippen LogP contribution is -2.51. The Hall–Kier alpha value is -1.45. The number of hydrogen-bond donors (Lipinski definition) is 1. The summed E-state index contributed by atoms with van der Waals surface area (Å²) in [4.78, 5) is 1.42. The zero-order valence-corrected chi connectivity index (χ0v) is 12.7. The van der Waals surface area contributed by atoms with Gasteiger partial charge in [-0.25, -0.2) is 0 Å². The van der Waals surface area contributed by atoms with Crippen LogP contribution in [0.4, 0.5) is 0 Å². The Labute approximate surface area is 129 Å². The fourth-order valence-corrected chi connectivity index (χ4v) is 4.72.